The molecule has 2 fully saturated rings. The third kappa shape index (κ3) is 4.37. The number of nitrogens with zero attached hydrogens (tertiary/aromatic N) is 1. The smallest absolute Gasteiger partial charge is 0.0309 e. The predicted octanol–water partition coefficient (Wildman–Crippen LogP) is 3.23. The van der Waals surface area contributed by atoms with Crippen molar-refractivity contribution in [3.05, 3.63) is 0 Å². The average Bonchev–Trinajstić information content (AvgIpc) is 3.17. The van der Waals surface area contributed by atoms with Gasteiger partial charge in [-0.15, -0.1) is 0 Å². The largest absolute Gasteiger partial charge is 0.308 e. The fourth-order valence-electron chi connectivity index (χ4n) is 3.45. The SMILES string of the molecule is CCSCCN1CC(C)(C2CC2)NCC1CC(C)C. The van der Waals surface area contributed by atoms with Gasteiger partial charge < -0.3 is 5.32 Å². The highest BCUT2D eigenvalue weighted by Crippen LogP contribution is 2.41. The third-order valence-corrected chi connectivity index (χ3v) is 5.62. The molecule has 1 aliphatic carbocycles. The molecule has 1 saturated carbocycles. The van der Waals surface area contributed by atoms with E-state index < -0.39 is 0 Å². The predicted molar refractivity (Wildman–Crippen MR) is 86.9 cm³/mol. The first-order chi connectivity index (χ1) is 9.05. The summed E-state index contributed by atoms with van der Waals surface area (Å²) in [5.74, 6) is 4.29. The van der Waals surface area contributed by atoms with Gasteiger partial charge in [0.15, 0.2) is 0 Å². The Kier molecular flexibility index (Phi) is 5.62. The first kappa shape index (κ1) is 15.7. The summed E-state index contributed by atoms with van der Waals surface area (Å²) in [6, 6.07) is 0.754. The van der Waals surface area contributed by atoms with E-state index in [1.54, 1.807) is 0 Å². The van der Waals surface area contributed by atoms with Gasteiger partial charge in [0.2, 0.25) is 0 Å². The molecule has 0 aromatic heterocycles. The summed E-state index contributed by atoms with van der Waals surface area (Å²) in [7, 11) is 0. The quantitative estimate of drug-likeness (QED) is 0.723. The zero-order valence-corrected chi connectivity index (χ0v) is 14.1. The molecule has 2 atom stereocenters. The molecule has 2 nitrogen and oxygen atoms in total. The van der Waals surface area contributed by atoms with Gasteiger partial charge in [-0.25, -0.2) is 0 Å². The molecule has 2 rings (SSSR count). The first-order valence-corrected chi connectivity index (χ1v) is 9.27. The van der Waals surface area contributed by atoms with Gasteiger partial charge >= 0.3 is 0 Å². The van der Waals surface area contributed by atoms with Gasteiger partial charge in [-0.05, 0) is 43.8 Å². The van der Waals surface area contributed by atoms with Crippen LogP contribution in [-0.4, -0.2) is 47.6 Å². The molecule has 2 unspecified atom stereocenters. The van der Waals surface area contributed by atoms with Gasteiger partial charge in [0, 0.05) is 37.0 Å². The summed E-state index contributed by atoms with van der Waals surface area (Å²) in [6.07, 6.45) is 4.22. The Hall–Kier alpha value is 0.270. The third-order valence-electron chi connectivity index (χ3n) is 4.74. The lowest BCUT2D eigenvalue weighted by Crippen LogP contribution is -2.64. The zero-order chi connectivity index (χ0) is 13.9. The van der Waals surface area contributed by atoms with Crippen molar-refractivity contribution in [3.63, 3.8) is 0 Å². The minimum absolute atomic E-state index is 0.393. The Morgan fingerprint density at radius 2 is 2.11 bits per heavy atom. The number of hydrogen-bond donors (Lipinski definition) is 1. The van der Waals surface area contributed by atoms with Crippen LogP contribution in [0, 0.1) is 11.8 Å². The second kappa shape index (κ2) is 6.82. The Morgan fingerprint density at radius 1 is 1.37 bits per heavy atom. The Balaban J connectivity index is 1.92. The van der Waals surface area contributed by atoms with Gasteiger partial charge in [0.1, 0.15) is 0 Å². The van der Waals surface area contributed by atoms with Crippen molar-refractivity contribution in [2.75, 3.05) is 31.1 Å². The van der Waals surface area contributed by atoms with E-state index in [1.165, 1.54) is 50.4 Å². The van der Waals surface area contributed by atoms with E-state index in [0.717, 1.165) is 17.9 Å². The molecular formula is C16H32N2S. The number of piperazine rings is 1. The minimum atomic E-state index is 0.393. The van der Waals surface area contributed by atoms with Crippen molar-refractivity contribution >= 4 is 11.8 Å². The van der Waals surface area contributed by atoms with Gasteiger partial charge in [0.05, 0.1) is 0 Å². The normalized spacial score (nSPS) is 33.0. The van der Waals surface area contributed by atoms with Crippen molar-refractivity contribution < 1.29 is 0 Å². The van der Waals surface area contributed by atoms with E-state index in [1.807, 2.05) is 0 Å². The molecule has 0 bridgehead atoms. The van der Waals surface area contributed by atoms with Crippen LogP contribution in [0.1, 0.15) is 47.0 Å². The van der Waals surface area contributed by atoms with Crippen molar-refractivity contribution in [1.29, 1.82) is 0 Å². The highest BCUT2D eigenvalue weighted by molar-refractivity contribution is 7.99. The Morgan fingerprint density at radius 3 is 2.68 bits per heavy atom. The van der Waals surface area contributed by atoms with Gasteiger partial charge in [-0.3, -0.25) is 4.90 Å². The maximum Gasteiger partial charge on any atom is 0.0309 e. The molecule has 1 N–H and O–H groups in total. The molecule has 3 heteroatoms. The fraction of sp³-hybridized carbons (Fsp3) is 1.00. The number of hydrogen-bond acceptors (Lipinski definition) is 3. The summed E-state index contributed by atoms with van der Waals surface area (Å²) >= 11 is 2.08. The molecule has 0 aromatic rings. The second-order valence-electron chi connectivity index (χ2n) is 7.02. The van der Waals surface area contributed by atoms with Crippen LogP contribution in [0.2, 0.25) is 0 Å². The first-order valence-electron chi connectivity index (χ1n) is 8.12. The molecular weight excluding hydrogens is 252 g/mol. The molecule has 0 spiro atoms. The van der Waals surface area contributed by atoms with Gasteiger partial charge in [0.25, 0.3) is 0 Å². The summed E-state index contributed by atoms with van der Waals surface area (Å²) in [4.78, 5) is 2.79. The van der Waals surface area contributed by atoms with Crippen LogP contribution in [0.3, 0.4) is 0 Å². The van der Waals surface area contributed by atoms with Crippen LogP contribution in [0.5, 0.6) is 0 Å². The molecule has 1 heterocycles. The molecule has 0 amide bonds. The standard InChI is InChI=1S/C16H32N2S/c1-5-19-9-8-18-12-16(4,14-6-7-14)17-11-15(18)10-13(2)3/h13-15,17H,5-12H2,1-4H3. The average molecular weight is 285 g/mol. The minimum Gasteiger partial charge on any atom is -0.308 e. The lowest BCUT2D eigenvalue weighted by atomic mass is 9.89. The highest BCUT2D eigenvalue weighted by atomic mass is 32.2. The van der Waals surface area contributed by atoms with E-state index in [2.05, 4.69) is 49.7 Å². The second-order valence-corrected chi connectivity index (χ2v) is 8.42. The molecule has 2 aliphatic rings. The lowest BCUT2D eigenvalue weighted by Gasteiger charge is -2.47. The summed E-state index contributed by atoms with van der Waals surface area (Å²) in [6.45, 7) is 13.2. The molecule has 0 radical (unpaired) electrons. The number of thioether (sulfide) groups is 1. The monoisotopic (exact) mass is 284 g/mol. The topological polar surface area (TPSA) is 15.3 Å². The fourth-order valence-corrected chi connectivity index (χ4v) is 4.10. The van der Waals surface area contributed by atoms with Crippen LogP contribution in [-0.2, 0) is 0 Å². The van der Waals surface area contributed by atoms with Crippen molar-refractivity contribution in [3.8, 4) is 0 Å². The molecule has 112 valence electrons. The van der Waals surface area contributed by atoms with Crippen LogP contribution in [0.15, 0.2) is 0 Å². The maximum absolute atomic E-state index is 3.88. The van der Waals surface area contributed by atoms with Crippen molar-refractivity contribution in [2.24, 2.45) is 11.8 Å². The number of rotatable bonds is 7. The van der Waals surface area contributed by atoms with Crippen LogP contribution >= 0.6 is 11.8 Å². The van der Waals surface area contributed by atoms with Crippen molar-refractivity contribution in [2.45, 2.75) is 58.5 Å². The van der Waals surface area contributed by atoms with Crippen molar-refractivity contribution in [1.82, 2.24) is 10.2 Å². The van der Waals surface area contributed by atoms with Gasteiger partial charge in [-0.2, -0.15) is 11.8 Å². The van der Waals surface area contributed by atoms with Crippen LogP contribution < -0.4 is 5.32 Å². The molecule has 1 saturated heterocycles. The van der Waals surface area contributed by atoms with E-state index in [-0.39, 0.29) is 0 Å². The van der Waals surface area contributed by atoms with E-state index in [4.69, 9.17) is 0 Å². The van der Waals surface area contributed by atoms with Gasteiger partial charge in [-0.1, -0.05) is 20.8 Å². The van der Waals surface area contributed by atoms with E-state index in [0.29, 0.717) is 5.54 Å². The maximum atomic E-state index is 3.88. The summed E-state index contributed by atoms with van der Waals surface area (Å²) < 4.78 is 0. The number of nitrogens with one attached hydrogen (secondary N) is 1. The lowest BCUT2D eigenvalue weighted by molar-refractivity contribution is 0.0700. The summed E-state index contributed by atoms with van der Waals surface area (Å²) in [5.41, 5.74) is 0.393. The summed E-state index contributed by atoms with van der Waals surface area (Å²) in [5, 5.41) is 3.88. The molecule has 1 aliphatic heterocycles. The Bertz CT molecular complexity index is 278. The van der Waals surface area contributed by atoms with Crippen LogP contribution in [0.25, 0.3) is 0 Å². The van der Waals surface area contributed by atoms with E-state index >= 15 is 0 Å². The van der Waals surface area contributed by atoms with Crippen LogP contribution in [0.4, 0.5) is 0 Å². The molecule has 19 heavy (non-hydrogen) atoms. The van der Waals surface area contributed by atoms with E-state index in [9.17, 15) is 0 Å². The Labute approximate surface area is 124 Å². The zero-order valence-electron chi connectivity index (χ0n) is 13.2. The highest BCUT2D eigenvalue weighted by Gasteiger charge is 2.45. The molecule has 0 aromatic carbocycles.